The van der Waals surface area contributed by atoms with E-state index in [-0.39, 0.29) is 5.01 Å². The molecule has 0 atom stereocenters. The highest BCUT2D eigenvalue weighted by Crippen LogP contribution is 2.39. The fourth-order valence-corrected chi connectivity index (χ4v) is 1.51. The molecule has 1 rings (SSSR count). The first-order valence-corrected chi connectivity index (χ1v) is 4.07. The molecule has 0 fully saturated rings. The molecule has 14 heavy (non-hydrogen) atoms. The van der Waals surface area contributed by atoms with Crippen LogP contribution in [0.15, 0.2) is 0 Å². The van der Waals surface area contributed by atoms with Crippen LogP contribution in [0.4, 0.5) is 18.0 Å². The summed E-state index contributed by atoms with van der Waals surface area (Å²) in [4.78, 5) is 13.2. The van der Waals surface area contributed by atoms with E-state index in [9.17, 15) is 18.0 Å². The van der Waals surface area contributed by atoms with Gasteiger partial charge in [-0.1, -0.05) is 11.3 Å². The number of nitrogens with zero attached hydrogens (tertiary/aromatic N) is 1. The fourth-order valence-electron chi connectivity index (χ4n) is 0.736. The number of aromatic nitrogens is 1. The van der Waals surface area contributed by atoms with Gasteiger partial charge in [0.25, 0.3) is 0 Å². The van der Waals surface area contributed by atoms with Crippen LogP contribution in [0.1, 0.15) is 10.7 Å². The molecule has 0 bridgehead atoms. The van der Waals surface area contributed by atoms with Gasteiger partial charge in [0, 0.05) is 0 Å². The van der Waals surface area contributed by atoms with Gasteiger partial charge in [0.15, 0.2) is 5.69 Å². The first kappa shape index (κ1) is 10.8. The highest BCUT2D eigenvalue weighted by Gasteiger charge is 2.39. The van der Waals surface area contributed by atoms with Gasteiger partial charge in [-0.25, -0.2) is 9.78 Å². The molecule has 1 aromatic rings. The smallest absolute Gasteiger partial charge is 0.449 e. The lowest BCUT2D eigenvalue weighted by molar-refractivity contribution is -0.141. The Morgan fingerprint density at radius 2 is 2.14 bits per heavy atom. The number of rotatable bonds is 1. The van der Waals surface area contributed by atoms with E-state index in [4.69, 9.17) is 5.11 Å². The first-order chi connectivity index (χ1) is 6.30. The summed E-state index contributed by atoms with van der Waals surface area (Å²) in [5.41, 5.74) is -1.30. The SMILES string of the molecule is Cc1nc(C(F)(F)F)c(OC(=O)O)s1. The van der Waals surface area contributed by atoms with Crippen LogP contribution in [0.25, 0.3) is 0 Å². The average Bonchev–Trinajstić information content (AvgIpc) is 2.28. The summed E-state index contributed by atoms with van der Waals surface area (Å²) in [6.07, 6.45) is -6.49. The molecule has 0 spiro atoms. The molecule has 78 valence electrons. The number of alkyl halides is 3. The summed E-state index contributed by atoms with van der Waals surface area (Å²) in [7, 11) is 0. The van der Waals surface area contributed by atoms with Gasteiger partial charge >= 0.3 is 12.3 Å². The maximum absolute atomic E-state index is 12.2. The Balaban J connectivity index is 3.09. The molecule has 8 heteroatoms. The lowest BCUT2D eigenvalue weighted by atomic mass is 10.5. The molecule has 0 unspecified atom stereocenters. The third kappa shape index (κ3) is 2.34. The number of hydrogen-bond acceptors (Lipinski definition) is 4. The van der Waals surface area contributed by atoms with Crippen LogP contribution < -0.4 is 4.74 Å². The lowest BCUT2D eigenvalue weighted by Crippen LogP contribution is -2.10. The molecule has 0 saturated heterocycles. The Kier molecular flexibility index (Phi) is 2.65. The summed E-state index contributed by atoms with van der Waals surface area (Å²) < 4.78 is 40.5. The van der Waals surface area contributed by atoms with E-state index in [1.54, 1.807) is 0 Å². The Hall–Kier alpha value is -1.31. The largest absolute Gasteiger partial charge is 0.512 e. The highest BCUT2D eigenvalue weighted by molar-refractivity contribution is 7.13. The third-order valence-corrected chi connectivity index (χ3v) is 2.00. The molecule has 0 aliphatic heterocycles. The van der Waals surface area contributed by atoms with E-state index in [0.717, 1.165) is 0 Å². The minimum Gasteiger partial charge on any atom is -0.449 e. The van der Waals surface area contributed by atoms with Crippen molar-refractivity contribution in [1.29, 1.82) is 0 Å². The van der Waals surface area contributed by atoms with Gasteiger partial charge in [-0.15, -0.1) is 0 Å². The predicted octanol–water partition coefficient (Wildman–Crippen LogP) is 2.53. The summed E-state index contributed by atoms with van der Waals surface area (Å²) in [6.45, 7) is 1.33. The van der Waals surface area contributed by atoms with Gasteiger partial charge in [-0.3, -0.25) is 0 Å². The first-order valence-electron chi connectivity index (χ1n) is 3.26. The number of thiazole rings is 1. The maximum atomic E-state index is 12.2. The number of aryl methyl sites for hydroxylation is 1. The number of ether oxygens (including phenoxy) is 1. The standard InChI is InChI=1S/C6H4F3NO3S/c1-2-10-3(6(7,8)9)4(14-2)13-5(11)12/h1H3,(H,11,12). The number of carboxylic acid groups (broad SMARTS) is 1. The predicted molar refractivity (Wildman–Crippen MR) is 40.5 cm³/mol. The van der Waals surface area contributed by atoms with E-state index in [0.29, 0.717) is 11.3 Å². The van der Waals surface area contributed by atoms with Crippen LogP contribution in [-0.4, -0.2) is 16.2 Å². The van der Waals surface area contributed by atoms with Crippen LogP contribution in [-0.2, 0) is 6.18 Å². The second kappa shape index (κ2) is 3.45. The molecule has 1 aromatic heterocycles. The topological polar surface area (TPSA) is 59.4 Å². The van der Waals surface area contributed by atoms with E-state index < -0.39 is 23.1 Å². The molecular formula is C6H4F3NO3S. The van der Waals surface area contributed by atoms with Crippen molar-refractivity contribution in [1.82, 2.24) is 4.98 Å². The average molecular weight is 227 g/mol. The van der Waals surface area contributed by atoms with E-state index >= 15 is 0 Å². The molecule has 0 aromatic carbocycles. The van der Waals surface area contributed by atoms with Crippen LogP contribution >= 0.6 is 11.3 Å². The van der Waals surface area contributed by atoms with Crippen molar-refractivity contribution < 1.29 is 27.8 Å². The van der Waals surface area contributed by atoms with Crippen molar-refractivity contribution in [3.63, 3.8) is 0 Å². The number of hydrogen-bond donors (Lipinski definition) is 1. The van der Waals surface area contributed by atoms with Crippen molar-refractivity contribution in [2.24, 2.45) is 0 Å². The van der Waals surface area contributed by atoms with Crippen molar-refractivity contribution in [3.05, 3.63) is 10.7 Å². The van der Waals surface area contributed by atoms with Crippen molar-refractivity contribution >= 4 is 17.5 Å². The Labute approximate surface area is 80.0 Å². The normalized spacial score (nSPS) is 11.4. The van der Waals surface area contributed by atoms with Gasteiger partial charge < -0.3 is 9.84 Å². The quantitative estimate of drug-likeness (QED) is 0.749. The highest BCUT2D eigenvalue weighted by atomic mass is 32.1. The monoisotopic (exact) mass is 227 g/mol. The van der Waals surface area contributed by atoms with Crippen molar-refractivity contribution in [2.75, 3.05) is 0 Å². The summed E-state index contributed by atoms with van der Waals surface area (Å²) in [6, 6.07) is 0. The van der Waals surface area contributed by atoms with Crippen LogP contribution in [0.2, 0.25) is 0 Å². The molecule has 0 radical (unpaired) electrons. The van der Waals surface area contributed by atoms with Gasteiger partial charge in [0.1, 0.15) is 0 Å². The van der Waals surface area contributed by atoms with E-state index in [2.05, 4.69) is 9.72 Å². The Bertz CT molecular complexity index is 360. The van der Waals surface area contributed by atoms with Gasteiger partial charge in [-0.2, -0.15) is 13.2 Å². The summed E-state index contributed by atoms with van der Waals surface area (Å²) in [5.74, 6) is 0. The van der Waals surface area contributed by atoms with Gasteiger partial charge in [-0.05, 0) is 6.92 Å². The van der Waals surface area contributed by atoms with Crippen LogP contribution in [0.3, 0.4) is 0 Å². The zero-order valence-corrected chi connectivity index (χ0v) is 7.57. The Morgan fingerprint density at radius 3 is 2.57 bits per heavy atom. The minimum atomic E-state index is -4.70. The van der Waals surface area contributed by atoms with Crippen LogP contribution in [0, 0.1) is 6.92 Å². The second-order valence-corrected chi connectivity index (χ2v) is 3.40. The fraction of sp³-hybridized carbons (Fsp3) is 0.333. The van der Waals surface area contributed by atoms with E-state index in [1.807, 2.05) is 0 Å². The van der Waals surface area contributed by atoms with Crippen molar-refractivity contribution in [2.45, 2.75) is 13.1 Å². The molecule has 0 aliphatic carbocycles. The molecule has 1 heterocycles. The minimum absolute atomic E-state index is 0.0913. The zero-order valence-electron chi connectivity index (χ0n) is 6.75. The molecule has 4 nitrogen and oxygen atoms in total. The van der Waals surface area contributed by atoms with Gasteiger partial charge in [0.2, 0.25) is 5.06 Å². The summed E-state index contributed by atoms with van der Waals surface area (Å²) in [5, 5.41) is 7.50. The molecule has 0 amide bonds. The molecule has 0 aliphatic rings. The van der Waals surface area contributed by atoms with Crippen LogP contribution in [0.5, 0.6) is 5.06 Å². The third-order valence-electron chi connectivity index (χ3n) is 1.15. The lowest BCUT2D eigenvalue weighted by Gasteiger charge is -2.03. The molecule has 1 N–H and O–H groups in total. The maximum Gasteiger partial charge on any atom is 0.512 e. The summed E-state index contributed by atoms with van der Waals surface area (Å²) >= 11 is 0.535. The van der Waals surface area contributed by atoms with E-state index in [1.165, 1.54) is 6.92 Å². The Morgan fingerprint density at radius 1 is 1.57 bits per heavy atom. The van der Waals surface area contributed by atoms with Crippen molar-refractivity contribution in [3.8, 4) is 5.06 Å². The van der Waals surface area contributed by atoms with Gasteiger partial charge in [0.05, 0.1) is 5.01 Å². The number of halogens is 3. The molecule has 0 saturated carbocycles. The number of carbonyl (C=O) groups is 1. The zero-order chi connectivity index (χ0) is 10.9. The molecular weight excluding hydrogens is 223 g/mol. The second-order valence-electron chi connectivity index (χ2n) is 2.23.